The Hall–Kier alpha value is -0.339. The quantitative estimate of drug-likeness (QED) is 0.728. The molecule has 0 spiro atoms. The Labute approximate surface area is 164 Å². The molecule has 0 saturated heterocycles. The van der Waals surface area contributed by atoms with Gasteiger partial charge < -0.3 is 17.7 Å². The van der Waals surface area contributed by atoms with E-state index in [1.807, 2.05) is 6.07 Å². The van der Waals surface area contributed by atoms with E-state index >= 15 is 0 Å². The van der Waals surface area contributed by atoms with Crippen LogP contribution in [0.4, 0.5) is 12.9 Å². The van der Waals surface area contributed by atoms with Crippen molar-refractivity contribution in [1.82, 2.24) is 4.98 Å². The van der Waals surface area contributed by atoms with Gasteiger partial charge in [0.1, 0.15) is 0 Å². The third-order valence-electron chi connectivity index (χ3n) is 2.89. The molecule has 2 rings (SSSR count). The molecule has 0 aliphatic rings. The minimum Gasteiger partial charge on any atom is -0.496 e. The van der Waals surface area contributed by atoms with Crippen LogP contribution in [-0.4, -0.2) is 18.6 Å². The number of halogens is 3. The average molecular weight is 319 g/mol. The van der Waals surface area contributed by atoms with E-state index in [2.05, 4.69) is 4.98 Å². The summed E-state index contributed by atoms with van der Waals surface area (Å²) in [6.45, 7) is -3.25. The summed E-state index contributed by atoms with van der Waals surface area (Å²) in [6.07, 6.45) is 3.84. The van der Waals surface area contributed by atoms with Gasteiger partial charge in [-0.25, -0.2) is 0 Å². The largest absolute Gasteiger partial charge is 1.00 e. The molecule has 2 nitrogen and oxygen atoms in total. The van der Waals surface area contributed by atoms with Crippen molar-refractivity contribution in [3.8, 4) is 5.75 Å². The third kappa shape index (κ3) is 5.75. The molecule has 106 valence electrons. The summed E-state index contributed by atoms with van der Waals surface area (Å²) >= 11 is 0. The van der Waals surface area contributed by atoms with Gasteiger partial charge in [-0.3, -0.25) is 4.98 Å². The fourth-order valence-corrected chi connectivity index (χ4v) is 1.88. The number of rotatable bonds is 5. The topological polar surface area (TPSA) is 22.1 Å². The molecule has 21 heavy (non-hydrogen) atoms. The third-order valence-corrected chi connectivity index (χ3v) is 2.89. The molecule has 2 aromatic rings. The van der Waals surface area contributed by atoms with Crippen molar-refractivity contribution in [3.05, 3.63) is 53.9 Å². The van der Waals surface area contributed by atoms with E-state index in [4.69, 9.17) is 4.74 Å². The maximum absolute atomic E-state index is 13.0. The first-order valence-corrected chi connectivity index (χ1v) is 6.29. The van der Waals surface area contributed by atoms with Gasteiger partial charge >= 0.3 is 58.4 Å². The van der Waals surface area contributed by atoms with Crippen molar-refractivity contribution in [2.24, 2.45) is 0 Å². The Morgan fingerprint density at radius 2 is 1.95 bits per heavy atom. The van der Waals surface area contributed by atoms with Crippen LogP contribution in [-0.2, 0) is 6.42 Å². The van der Waals surface area contributed by atoms with Crippen molar-refractivity contribution < 1.29 is 69.1 Å². The Kier molecular flexibility index (Phi) is 7.43. The molecule has 0 radical (unpaired) electrons. The van der Waals surface area contributed by atoms with Crippen LogP contribution in [0.5, 0.6) is 5.75 Å². The summed E-state index contributed by atoms with van der Waals surface area (Å²) in [7, 11) is 0. The van der Waals surface area contributed by atoms with Gasteiger partial charge in [0, 0.05) is 18.8 Å². The number of aryl methyl sites for hydroxylation is 1. The number of ether oxygens (including phenoxy) is 1. The van der Waals surface area contributed by atoms with Gasteiger partial charge in [0.15, 0.2) is 0 Å². The maximum atomic E-state index is 13.0. The normalized spacial score (nSPS) is 10.9. The molecular weight excluding hydrogens is 305 g/mol. The Bertz CT molecular complexity index is 578. The van der Waals surface area contributed by atoms with E-state index in [1.54, 1.807) is 31.5 Å². The van der Waals surface area contributed by atoms with Crippen molar-refractivity contribution in [2.45, 2.75) is 13.3 Å². The van der Waals surface area contributed by atoms with Gasteiger partial charge in [-0.05, 0) is 24.6 Å². The van der Waals surface area contributed by atoms with Crippen molar-refractivity contribution >= 4 is 12.4 Å². The zero-order valence-corrected chi connectivity index (χ0v) is 15.1. The summed E-state index contributed by atoms with van der Waals surface area (Å²) in [4.78, 5) is 3.95. The van der Waals surface area contributed by atoms with E-state index in [0.29, 0.717) is 12.0 Å². The molecule has 0 amide bonds. The van der Waals surface area contributed by atoms with Crippen molar-refractivity contribution in [2.75, 3.05) is 6.61 Å². The smallest absolute Gasteiger partial charge is 0.496 e. The Morgan fingerprint density at radius 3 is 2.57 bits per heavy atom. The second-order valence-corrected chi connectivity index (χ2v) is 4.58. The Balaban J connectivity index is 0.00000220. The number of hydrogen-bond acceptors (Lipinski definition) is 2. The molecule has 0 N–H and O–H groups in total. The predicted octanol–water partition coefficient (Wildman–Crippen LogP) is 0.0699. The van der Waals surface area contributed by atoms with E-state index in [1.165, 1.54) is 6.07 Å². The molecule has 0 aliphatic heterocycles. The molecule has 0 bridgehead atoms. The van der Waals surface area contributed by atoms with Crippen LogP contribution in [0.15, 0.2) is 42.7 Å². The summed E-state index contributed by atoms with van der Waals surface area (Å²) < 4.78 is 44.1. The minimum absolute atomic E-state index is 0. The number of benzene rings is 1. The number of nitrogens with zero attached hydrogens (tertiary/aromatic N) is 1. The second-order valence-electron chi connectivity index (χ2n) is 4.58. The average Bonchev–Trinajstić information content (AvgIpc) is 2.40. The predicted molar refractivity (Wildman–Crippen MR) is 73.3 cm³/mol. The number of pyridine rings is 1. The molecule has 1 aromatic carbocycles. The van der Waals surface area contributed by atoms with Gasteiger partial charge in [-0.2, -0.15) is 0 Å². The van der Waals surface area contributed by atoms with Crippen LogP contribution in [0.25, 0.3) is 0 Å². The summed E-state index contributed by atoms with van der Waals surface area (Å²) in [5.41, 5.74) is 0.827. The fourth-order valence-electron chi connectivity index (χ4n) is 1.88. The Morgan fingerprint density at radius 1 is 1.19 bits per heavy atom. The molecule has 1 heterocycles. The standard InChI is InChI=1S/C14H14BF3NO.K/c1-11-4-5-14(13(9-11)15(16,17)18)20-8-6-12-3-2-7-19-10-12;/h2-5,7,9-10H,6,8H2,1H3;/q-1;+1. The van der Waals surface area contributed by atoms with Crippen LogP contribution < -0.4 is 61.6 Å². The summed E-state index contributed by atoms with van der Waals surface area (Å²) in [6, 6.07) is 7.76. The van der Waals surface area contributed by atoms with Crippen LogP contribution in [0.3, 0.4) is 0 Å². The summed E-state index contributed by atoms with van der Waals surface area (Å²) in [5, 5.41) is 0. The zero-order valence-electron chi connectivity index (χ0n) is 12.0. The van der Waals surface area contributed by atoms with Crippen LogP contribution in [0, 0.1) is 6.92 Å². The maximum Gasteiger partial charge on any atom is 1.00 e. The fraction of sp³-hybridized carbons (Fsp3) is 0.214. The second kappa shape index (κ2) is 8.33. The van der Waals surface area contributed by atoms with E-state index in [0.717, 1.165) is 11.6 Å². The van der Waals surface area contributed by atoms with Crippen LogP contribution in [0.1, 0.15) is 11.1 Å². The van der Waals surface area contributed by atoms with Crippen LogP contribution in [0.2, 0.25) is 0 Å². The van der Waals surface area contributed by atoms with Gasteiger partial charge in [-0.1, -0.05) is 29.2 Å². The van der Waals surface area contributed by atoms with Crippen molar-refractivity contribution in [1.29, 1.82) is 0 Å². The minimum atomic E-state index is -5.07. The summed E-state index contributed by atoms with van der Waals surface area (Å²) in [5.74, 6) is -0.105. The molecule has 0 atom stereocenters. The molecule has 0 aliphatic carbocycles. The molecule has 7 heteroatoms. The van der Waals surface area contributed by atoms with E-state index < -0.39 is 12.4 Å². The molecule has 0 fully saturated rings. The monoisotopic (exact) mass is 319 g/mol. The first kappa shape index (κ1) is 18.7. The van der Waals surface area contributed by atoms with Gasteiger partial charge in [0.05, 0.1) is 12.4 Å². The molecule has 0 saturated carbocycles. The van der Waals surface area contributed by atoms with Gasteiger partial charge in [0.2, 0.25) is 0 Å². The first-order valence-electron chi connectivity index (χ1n) is 6.29. The number of hydrogen-bond donors (Lipinski definition) is 0. The van der Waals surface area contributed by atoms with Gasteiger partial charge in [0.25, 0.3) is 0 Å². The zero-order chi connectivity index (χ0) is 14.6. The van der Waals surface area contributed by atoms with E-state index in [-0.39, 0.29) is 63.7 Å². The molecule has 0 unspecified atom stereocenters. The molecular formula is C14H14BF3KNO. The van der Waals surface area contributed by atoms with Crippen molar-refractivity contribution in [3.63, 3.8) is 0 Å². The van der Waals surface area contributed by atoms with E-state index in [9.17, 15) is 12.9 Å². The van der Waals surface area contributed by atoms with Crippen LogP contribution >= 0.6 is 0 Å². The molecule has 1 aromatic heterocycles. The number of aromatic nitrogens is 1. The first-order chi connectivity index (χ1) is 9.47. The van der Waals surface area contributed by atoms with Gasteiger partial charge in [-0.15, -0.1) is 0 Å². The SMILES string of the molecule is Cc1ccc(OCCc2cccnc2)c([B-](F)(F)F)c1.[K+].